The summed E-state index contributed by atoms with van der Waals surface area (Å²) in [6, 6.07) is 20.3. The van der Waals surface area contributed by atoms with Gasteiger partial charge in [-0.25, -0.2) is 0 Å². The first-order chi connectivity index (χ1) is 18.7. The van der Waals surface area contributed by atoms with E-state index in [1.54, 1.807) is 0 Å². The molecule has 3 aromatic carbocycles. The summed E-state index contributed by atoms with van der Waals surface area (Å²) in [5, 5.41) is 20.9. The topological polar surface area (TPSA) is 56.3 Å². The number of rotatable bonds is 2. The maximum absolute atomic E-state index is 13.2. The highest BCUT2D eigenvalue weighted by Gasteiger charge is 2.32. The van der Waals surface area contributed by atoms with Crippen molar-refractivity contribution in [3.8, 4) is 12.1 Å². The molecule has 0 aromatic heterocycles. The van der Waals surface area contributed by atoms with Crippen LogP contribution in [0.1, 0.15) is 33.4 Å². The maximum Gasteiger partial charge on any atom is 0.523 e. The normalized spacial score (nSPS) is 13.6. The molecule has 0 heterocycles. The van der Waals surface area contributed by atoms with Crippen molar-refractivity contribution in [2.75, 3.05) is 0 Å². The van der Waals surface area contributed by atoms with Gasteiger partial charge in [-0.2, -0.15) is 33.4 Å². The number of nitriles is 2. The highest BCUT2D eigenvalue weighted by Crippen LogP contribution is 2.36. The van der Waals surface area contributed by atoms with Gasteiger partial charge in [0.25, 0.3) is 0 Å². The lowest BCUT2D eigenvalue weighted by atomic mass is 9.94. The molecule has 0 radical (unpaired) electrons. The number of halogens is 3. The molecule has 7 heteroatoms. The van der Waals surface area contributed by atoms with Gasteiger partial charge in [0.05, 0.1) is 11.1 Å². The predicted molar refractivity (Wildman–Crippen MR) is 139 cm³/mol. The molecule has 0 spiro atoms. The van der Waals surface area contributed by atoms with Gasteiger partial charge >= 0.3 is 12.0 Å². The molecule has 39 heavy (non-hydrogen) atoms. The summed E-state index contributed by atoms with van der Waals surface area (Å²) < 4.78 is 39.6. The zero-order valence-electron chi connectivity index (χ0n) is 20.6. The van der Waals surface area contributed by atoms with Crippen LogP contribution in [0.2, 0.25) is 0 Å². The van der Waals surface area contributed by atoms with E-state index in [9.17, 15) is 23.7 Å². The van der Waals surface area contributed by atoms with Crippen LogP contribution in [0, 0.1) is 42.7 Å². The summed E-state index contributed by atoms with van der Waals surface area (Å²) in [5.74, 6) is -0.00860. The fraction of sp³-hybridized carbons (Fsp3) is 0.125. The van der Waals surface area contributed by atoms with Gasteiger partial charge in [0, 0.05) is 6.42 Å². The number of hydrogen-bond acceptors (Lipinski definition) is 2. The van der Waals surface area contributed by atoms with Crippen LogP contribution in [-0.4, -0.2) is 0 Å². The van der Waals surface area contributed by atoms with Gasteiger partial charge in [-0.05, 0) is 87.0 Å². The Kier molecular flexibility index (Phi) is 6.16. The molecule has 0 aliphatic heterocycles. The molecule has 2 aliphatic carbocycles. The van der Waals surface area contributed by atoms with Crippen LogP contribution in [0.5, 0.6) is 0 Å². The molecule has 2 aliphatic rings. The first kappa shape index (κ1) is 25.3. The minimum atomic E-state index is -4.49. The van der Waals surface area contributed by atoms with Crippen LogP contribution in [-0.2, 0) is 19.0 Å². The Hall–Kier alpha value is -5.37. The lowest BCUT2D eigenvalue weighted by molar-refractivity contribution is -0.137. The van der Waals surface area contributed by atoms with Crippen LogP contribution in [0.4, 0.5) is 13.2 Å². The summed E-state index contributed by atoms with van der Waals surface area (Å²) >= 11 is 0. The molecule has 0 bridgehead atoms. The minimum absolute atomic E-state index is 0.00860. The van der Waals surface area contributed by atoms with E-state index in [1.807, 2.05) is 55.5 Å². The summed E-state index contributed by atoms with van der Waals surface area (Å²) in [7, 11) is 0. The molecule has 0 N–H and O–H groups in total. The second-order valence-electron chi connectivity index (χ2n) is 9.31. The number of hydrogen-bond donors (Lipinski definition) is 0. The van der Waals surface area contributed by atoms with Crippen molar-refractivity contribution in [2.24, 2.45) is 0 Å². The Morgan fingerprint density at radius 2 is 1.23 bits per heavy atom. The van der Waals surface area contributed by atoms with E-state index in [-0.39, 0.29) is 17.8 Å². The third-order valence-corrected chi connectivity index (χ3v) is 7.05. The van der Waals surface area contributed by atoms with Crippen molar-refractivity contribution in [2.45, 2.75) is 25.9 Å². The van der Waals surface area contributed by atoms with Gasteiger partial charge in [0.1, 0.15) is 30.9 Å². The predicted octanol–water partition coefficient (Wildman–Crippen LogP) is 5.92. The van der Waals surface area contributed by atoms with Gasteiger partial charge in [-0.1, -0.05) is 42.0 Å². The second-order valence-corrected chi connectivity index (χ2v) is 9.31. The van der Waals surface area contributed by atoms with E-state index in [2.05, 4.69) is 9.69 Å². The Morgan fingerprint density at radius 1 is 0.769 bits per heavy atom. The summed E-state index contributed by atoms with van der Waals surface area (Å²) in [6.45, 7) is 17.1. The first-order valence-corrected chi connectivity index (χ1v) is 11.9. The number of alkyl halides is 3. The highest BCUT2D eigenvalue weighted by molar-refractivity contribution is 5.88. The zero-order chi connectivity index (χ0) is 27.9. The molecule has 0 fully saturated rings. The molecule has 0 amide bonds. The Bertz CT molecular complexity index is 1880. The molecular formula is C32H17F3N4. The lowest BCUT2D eigenvalue weighted by Crippen LogP contribution is -2.17. The molecule has 0 saturated heterocycles. The van der Waals surface area contributed by atoms with Crippen LogP contribution in [0.25, 0.3) is 20.8 Å². The van der Waals surface area contributed by atoms with Crippen LogP contribution in [0.15, 0.2) is 83.2 Å². The van der Waals surface area contributed by atoms with Crippen LogP contribution >= 0.6 is 0 Å². The van der Waals surface area contributed by atoms with Gasteiger partial charge in [0.2, 0.25) is 0 Å². The zero-order valence-corrected chi connectivity index (χ0v) is 20.6. The van der Waals surface area contributed by atoms with Crippen molar-refractivity contribution < 1.29 is 13.2 Å². The number of benzene rings is 3. The molecule has 0 unspecified atom stereocenters. The molecule has 3 aromatic rings. The molecule has 0 saturated carbocycles. The smallest absolute Gasteiger partial charge is 0.192 e. The van der Waals surface area contributed by atoms with E-state index in [0.29, 0.717) is 28.7 Å². The first-order valence-electron chi connectivity index (χ1n) is 11.9. The number of allylic oxidation sites excluding steroid dienone is 3. The average Bonchev–Trinajstić information content (AvgIpc) is 3.47. The largest absolute Gasteiger partial charge is 0.523 e. The summed E-state index contributed by atoms with van der Waals surface area (Å²) in [4.78, 5) is 6.94. The Balaban J connectivity index is 1.84. The number of nitrogens with zero attached hydrogens (tertiary/aromatic N) is 4. The molecule has 5 rings (SSSR count). The third-order valence-electron chi connectivity index (χ3n) is 7.05. The monoisotopic (exact) mass is 514 g/mol. The minimum Gasteiger partial charge on any atom is -0.192 e. The van der Waals surface area contributed by atoms with Crippen LogP contribution < -0.4 is 10.4 Å². The van der Waals surface area contributed by atoms with Gasteiger partial charge < -0.3 is 0 Å². The van der Waals surface area contributed by atoms with Crippen molar-refractivity contribution >= 4 is 11.1 Å². The molecule has 0 atom stereocenters. The van der Waals surface area contributed by atoms with Gasteiger partial charge in [-0.15, -0.1) is 0 Å². The van der Waals surface area contributed by atoms with E-state index < -0.39 is 11.7 Å². The Labute approximate surface area is 222 Å². The second kappa shape index (κ2) is 9.50. The van der Waals surface area contributed by atoms with Crippen molar-refractivity contribution in [3.05, 3.63) is 150 Å². The highest BCUT2D eigenvalue weighted by atomic mass is 19.4. The van der Waals surface area contributed by atoms with E-state index in [0.717, 1.165) is 50.4 Å². The molecular weight excluding hydrogens is 497 g/mol. The maximum atomic E-state index is 13.2. The number of aryl methyl sites for hydroxylation is 1. The molecule has 4 nitrogen and oxygen atoms in total. The van der Waals surface area contributed by atoms with Gasteiger partial charge in [-0.3, -0.25) is 0 Å². The number of fused-ring (bicyclic) bond motifs is 2. The SMILES string of the molecule is [C-]#[N+]C([N+]#[C-])=C1Cc2cc3c(cc2=C1c1ccc(C)cc1)CC(=C(C#N)C#N)C=3c1ccc(C(F)(F)F)cc1. The summed E-state index contributed by atoms with van der Waals surface area (Å²) in [6.07, 6.45) is -3.89. The average molecular weight is 515 g/mol. The Morgan fingerprint density at radius 3 is 1.69 bits per heavy atom. The van der Waals surface area contributed by atoms with Crippen molar-refractivity contribution in [1.29, 1.82) is 10.5 Å². The van der Waals surface area contributed by atoms with E-state index in [1.165, 1.54) is 12.1 Å². The lowest BCUT2D eigenvalue weighted by Gasteiger charge is -2.10. The van der Waals surface area contributed by atoms with E-state index >= 15 is 0 Å². The van der Waals surface area contributed by atoms with Crippen molar-refractivity contribution in [3.63, 3.8) is 0 Å². The van der Waals surface area contributed by atoms with Crippen LogP contribution in [0.3, 0.4) is 0 Å². The van der Waals surface area contributed by atoms with Crippen molar-refractivity contribution in [1.82, 2.24) is 0 Å². The summed E-state index contributed by atoms with van der Waals surface area (Å²) in [5.41, 5.74) is 5.65. The quantitative estimate of drug-likeness (QED) is 0.315. The van der Waals surface area contributed by atoms with E-state index in [4.69, 9.17) is 13.1 Å². The fourth-order valence-electron chi connectivity index (χ4n) is 5.26. The standard InChI is InChI=1S/C32H17F3N4/c1-18-4-6-19(7-5-18)30-26-12-21-14-27(23(16-36)17-37)29(20-8-10-24(11-9-20)32(33,34)35)25(21)13-22(26)15-28(30)31(38-2)39-3/h4-13H,14-15H2,1H3. The third kappa shape index (κ3) is 4.27. The fourth-order valence-corrected chi connectivity index (χ4v) is 5.26. The van der Waals surface area contributed by atoms with Gasteiger partial charge in [0.15, 0.2) is 0 Å². The molecule has 186 valence electrons.